The Labute approximate surface area is 333 Å². The van der Waals surface area contributed by atoms with Crippen molar-refractivity contribution in [3.8, 4) is 44.0 Å². The number of hydrogen-bond acceptors (Lipinski definition) is 4. The van der Waals surface area contributed by atoms with Crippen molar-refractivity contribution in [2.75, 3.05) is 0 Å². The summed E-state index contributed by atoms with van der Waals surface area (Å²) in [6.07, 6.45) is 0. The van der Waals surface area contributed by atoms with Gasteiger partial charge in [-0.3, -0.25) is 0 Å². The van der Waals surface area contributed by atoms with Crippen LogP contribution < -0.4 is 0 Å². The summed E-state index contributed by atoms with van der Waals surface area (Å²) in [5, 5.41) is 9.33. The van der Waals surface area contributed by atoms with Gasteiger partial charge in [0, 0.05) is 96.0 Å². The van der Waals surface area contributed by atoms with E-state index in [-0.39, 0.29) is 0 Å². The highest BCUT2D eigenvalue weighted by atomic mass is 32.1. The molecule has 0 atom stereocenters. The van der Waals surface area contributed by atoms with Crippen molar-refractivity contribution in [2.45, 2.75) is 0 Å². The number of H-pyrrole nitrogens is 1. The summed E-state index contributed by atoms with van der Waals surface area (Å²) in [6, 6.07) is 62.5. The summed E-state index contributed by atoms with van der Waals surface area (Å²) < 4.78 is 17.1. The second-order valence-corrected chi connectivity index (χ2v) is 16.9. The Kier molecular flexibility index (Phi) is 6.48. The molecular formula is C52H28NO2S2. The summed E-state index contributed by atoms with van der Waals surface area (Å²) in [4.78, 5) is 4.85. The molecule has 0 amide bonds. The number of para-hydroxylation sites is 4. The van der Waals surface area contributed by atoms with Crippen molar-refractivity contribution in [1.82, 2.24) is 4.98 Å². The van der Waals surface area contributed by atoms with Crippen LogP contribution in [-0.2, 0) is 0 Å². The van der Waals surface area contributed by atoms with E-state index in [1.54, 1.807) is 11.3 Å². The molecule has 5 heteroatoms. The van der Waals surface area contributed by atoms with Gasteiger partial charge in [-0.25, -0.2) is 0 Å². The zero-order valence-corrected chi connectivity index (χ0v) is 31.9. The van der Waals surface area contributed by atoms with E-state index in [9.17, 15) is 0 Å². The lowest BCUT2D eigenvalue weighted by Crippen LogP contribution is -1.91. The van der Waals surface area contributed by atoms with Gasteiger partial charge in [-0.1, -0.05) is 115 Å². The van der Waals surface area contributed by atoms with Crippen LogP contribution in [0.1, 0.15) is 0 Å². The van der Waals surface area contributed by atoms with Crippen LogP contribution in [-0.4, -0.2) is 4.98 Å². The number of aromatic nitrogens is 1. The highest BCUT2D eigenvalue weighted by molar-refractivity contribution is 7.26. The summed E-state index contributed by atoms with van der Waals surface area (Å²) >= 11 is 3.60. The van der Waals surface area contributed by atoms with E-state index in [4.69, 9.17) is 8.83 Å². The highest BCUT2D eigenvalue weighted by Gasteiger charge is 2.28. The van der Waals surface area contributed by atoms with Crippen LogP contribution >= 0.6 is 22.7 Å². The van der Waals surface area contributed by atoms with Gasteiger partial charge in [0.1, 0.15) is 22.5 Å². The van der Waals surface area contributed by atoms with Gasteiger partial charge in [0.25, 0.3) is 0 Å². The quantitative estimate of drug-likeness (QED) is 0.194. The molecule has 8 aromatic carbocycles. The fraction of sp³-hybridized carbons (Fsp3) is 0. The molecular weight excluding hydrogens is 735 g/mol. The normalized spacial score (nSPS) is 12.2. The first-order valence-electron chi connectivity index (χ1n) is 19.1. The molecule has 0 fully saturated rings. The Morgan fingerprint density at radius 1 is 0.474 bits per heavy atom. The Morgan fingerprint density at radius 2 is 1.21 bits per heavy atom. The minimum absolute atomic E-state index is 0.797. The zero-order chi connectivity index (χ0) is 37.2. The third-order valence-corrected chi connectivity index (χ3v) is 13.7. The molecule has 0 bridgehead atoms. The lowest BCUT2D eigenvalue weighted by Gasteiger charge is -2.16. The molecule has 13 rings (SSSR count). The van der Waals surface area contributed by atoms with Crippen molar-refractivity contribution in [3.05, 3.63) is 170 Å². The summed E-state index contributed by atoms with van der Waals surface area (Å²) in [7, 11) is 0. The predicted octanol–water partition coefficient (Wildman–Crippen LogP) is 16.0. The molecule has 0 unspecified atom stereocenters. The van der Waals surface area contributed by atoms with E-state index < -0.39 is 0 Å². The van der Waals surface area contributed by atoms with E-state index in [0.29, 0.717) is 0 Å². The Morgan fingerprint density at radius 3 is 2.12 bits per heavy atom. The van der Waals surface area contributed by atoms with Gasteiger partial charge in [-0.05, 0) is 65.0 Å². The molecule has 0 saturated carbocycles. The number of hydrogen-bond donors (Lipinski definition) is 1. The van der Waals surface area contributed by atoms with Gasteiger partial charge in [-0.2, -0.15) is 0 Å². The van der Waals surface area contributed by atoms with Gasteiger partial charge in [-0.15, -0.1) is 22.7 Å². The first-order chi connectivity index (χ1) is 28.2. The third-order valence-electron chi connectivity index (χ3n) is 11.5. The van der Waals surface area contributed by atoms with Crippen molar-refractivity contribution < 1.29 is 8.83 Å². The van der Waals surface area contributed by atoms with E-state index >= 15 is 0 Å². The minimum atomic E-state index is 0.797. The Balaban J connectivity index is 1.22. The maximum atomic E-state index is 6.88. The van der Waals surface area contributed by atoms with Gasteiger partial charge < -0.3 is 13.8 Å². The Hall–Kier alpha value is -6.92. The summed E-state index contributed by atoms with van der Waals surface area (Å²) in [6.45, 7) is 0. The average Bonchev–Trinajstić information content (AvgIpc) is 4.09. The fourth-order valence-corrected chi connectivity index (χ4v) is 11.3. The van der Waals surface area contributed by atoms with Gasteiger partial charge in [0.2, 0.25) is 0 Å². The van der Waals surface area contributed by atoms with Crippen LogP contribution in [0.25, 0.3) is 129 Å². The van der Waals surface area contributed by atoms with E-state index in [2.05, 4.69) is 157 Å². The second-order valence-electron chi connectivity index (χ2n) is 14.7. The molecule has 0 aliphatic rings. The fourth-order valence-electron chi connectivity index (χ4n) is 9.02. The summed E-state index contributed by atoms with van der Waals surface area (Å²) in [5.41, 5.74) is 11.4. The van der Waals surface area contributed by atoms with Crippen molar-refractivity contribution in [2.24, 2.45) is 0 Å². The van der Waals surface area contributed by atoms with Crippen LogP contribution in [0.5, 0.6) is 0 Å². The number of nitrogens with one attached hydrogen (secondary N) is 1. The number of benzene rings is 8. The molecule has 0 spiro atoms. The lowest BCUT2D eigenvalue weighted by molar-refractivity contribution is 0.632. The average molecular weight is 763 g/mol. The first kappa shape index (κ1) is 31.3. The largest absolute Gasteiger partial charge is 0.456 e. The maximum Gasteiger partial charge on any atom is 0.143 e. The molecule has 0 aliphatic heterocycles. The SMILES string of the molecule is [c]1c(-c2cc3ccccc3o2)c(-c2cc3ccccc3s2)c(-c2cccc3c2oc2ccccc23)c2c1sc1cccc(-c3ccc4c(c3)[nH]c3ccccc34)c12. The number of aromatic amines is 1. The van der Waals surface area contributed by atoms with Gasteiger partial charge in [0.05, 0.1) is 0 Å². The standard InChI is InChI=1S/C52H28NO2S2/c1-6-19-41-30(11-1)26-43(54-41)38-28-47-51(48-32(15-10-22-45(48)57-47)29-23-24-34-33-13-3-5-18-39(33)53-40(34)25-29)50(49(38)46-27-31-12-2-8-21-44(31)56-46)37-17-9-16-36-35-14-4-7-20-42(35)55-52(36)37/h1-27,53H. The summed E-state index contributed by atoms with van der Waals surface area (Å²) in [5.74, 6) is 0.797. The van der Waals surface area contributed by atoms with E-state index in [1.807, 2.05) is 29.5 Å². The number of thiophene rings is 2. The van der Waals surface area contributed by atoms with Crippen LogP contribution in [0.3, 0.4) is 0 Å². The Bertz CT molecular complexity index is 3710. The molecule has 1 N–H and O–H groups in total. The molecule has 1 radical (unpaired) electrons. The topological polar surface area (TPSA) is 42.1 Å². The van der Waals surface area contributed by atoms with Gasteiger partial charge in [0.15, 0.2) is 0 Å². The molecule has 57 heavy (non-hydrogen) atoms. The first-order valence-corrected chi connectivity index (χ1v) is 20.7. The number of furan rings is 2. The van der Waals surface area contributed by atoms with Gasteiger partial charge >= 0.3 is 0 Å². The molecule has 265 valence electrons. The van der Waals surface area contributed by atoms with E-state index in [1.165, 1.54) is 41.9 Å². The number of fused-ring (bicyclic) bond motifs is 11. The second kappa shape index (κ2) is 11.8. The monoisotopic (exact) mass is 762 g/mol. The molecule has 13 aromatic rings. The third kappa shape index (κ3) is 4.58. The molecule has 5 heterocycles. The zero-order valence-electron chi connectivity index (χ0n) is 30.2. The van der Waals surface area contributed by atoms with Crippen molar-refractivity contribution >= 4 is 108 Å². The maximum absolute atomic E-state index is 6.88. The molecule has 5 aromatic heterocycles. The van der Waals surface area contributed by atoms with Crippen molar-refractivity contribution in [3.63, 3.8) is 0 Å². The minimum Gasteiger partial charge on any atom is -0.456 e. The van der Waals surface area contributed by atoms with Crippen molar-refractivity contribution in [1.29, 1.82) is 0 Å². The van der Waals surface area contributed by atoms with Crippen LogP contribution in [0.4, 0.5) is 0 Å². The van der Waals surface area contributed by atoms with Crippen LogP contribution in [0, 0.1) is 6.07 Å². The number of rotatable bonds is 4. The van der Waals surface area contributed by atoms with Crippen LogP contribution in [0.2, 0.25) is 0 Å². The predicted molar refractivity (Wildman–Crippen MR) is 242 cm³/mol. The molecule has 0 aliphatic carbocycles. The molecule has 3 nitrogen and oxygen atoms in total. The van der Waals surface area contributed by atoms with E-state index in [0.717, 1.165) is 87.1 Å². The van der Waals surface area contributed by atoms with Crippen LogP contribution in [0.15, 0.2) is 173 Å². The molecule has 0 saturated heterocycles. The lowest BCUT2D eigenvalue weighted by atomic mass is 9.87. The highest BCUT2D eigenvalue weighted by Crippen LogP contribution is 2.54. The smallest absolute Gasteiger partial charge is 0.143 e.